The molecule has 49 heavy (non-hydrogen) atoms. The number of hydrogen-bond donors (Lipinski definition) is 1. The van der Waals surface area contributed by atoms with Crippen LogP contribution in [0.4, 0.5) is 17.3 Å². The number of hydrogen-bond acceptors (Lipinski definition) is 10. The predicted molar refractivity (Wildman–Crippen MR) is 191 cm³/mol. The molecule has 0 unspecified atom stereocenters. The molecule has 0 aliphatic carbocycles. The Bertz CT molecular complexity index is 2130. The van der Waals surface area contributed by atoms with Gasteiger partial charge in [0.2, 0.25) is 0 Å². The number of pyridine rings is 4. The van der Waals surface area contributed by atoms with Crippen LogP contribution in [0.1, 0.15) is 16.7 Å². The van der Waals surface area contributed by atoms with Crippen LogP contribution in [0, 0.1) is 6.92 Å². The number of ether oxygens (including phenoxy) is 4. The minimum Gasteiger partial charge on any atom is -0.497 e. The summed E-state index contributed by atoms with van der Waals surface area (Å²) < 4.78 is 24.1. The molecule has 1 N–H and O–H groups in total. The molecule has 6 rings (SSSR count). The number of benzene rings is 2. The van der Waals surface area contributed by atoms with Gasteiger partial charge in [0.1, 0.15) is 34.6 Å². The van der Waals surface area contributed by atoms with Gasteiger partial charge in [-0.1, -0.05) is 0 Å². The third-order valence-corrected chi connectivity index (χ3v) is 8.40. The molecule has 0 bridgehead atoms. The quantitative estimate of drug-likeness (QED) is 0.153. The van der Waals surface area contributed by atoms with Gasteiger partial charge in [-0.2, -0.15) is 0 Å². The molecule has 0 saturated carbocycles. The lowest BCUT2D eigenvalue weighted by Gasteiger charge is -2.28. The number of aryl methyl sites for hydroxylation is 2. The van der Waals surface area contributed by atoms with Crippen molar-refractivity contribution in [2.24, 2.45) is 7.05 Å². The van der Waals surface area contributed by atoms with E-state index in [4.69, 9.17) is 28.9 Å². The van der Waals surface area contributed by atoms with E-state index in [0.29, 0.717) is 53.4 Å². The van der Waals surface area contributed by atoms with E-state index in [-0.39, 0.29) is 5.56 Å². The average molecular weight is 659 g/mol. The van der Waals surface area contributed by atoms with E-state index in [9.17, 15) is 4.79 Å². The number of rotatable bonds is 12. The minimum absolute atomic E-state index is 0.120. The normalized spacial score (nSPS) is 10.9. The number of aromatic nitrogens is 4. The topological polar surface area (TPSA) is 113 Å². The first kappa shape index (κ1) is 32.8. The highest BCUT2D eigenvalue weighted by molar-refractivity contribution is 5.96. The molecule has 0 fully saturated rings. The van der Waals surface area contributed by atoms with Crippen LogP contribution in [0.2, 0.25) is 0 Å². The molecular weight excluding hydrogens is 620 g/mol. The Hall–Kier alpha value is -6.10. The summed E-state index contributed by atoms with van der Waals surface area (Å²) in [5, 5.41) is 5.02. The van der Waals surface area contributed by atoms with Gasteiger partial charge in [-0.05, 0) is 66.4 Å². The van der Waals surface area contributed by atoms with Crippen molar-refractivity contribution in [2.45, 2.75) is 20.0 Å². The molecular formula is C38H38N6O5. The van der Waals surface area contributed by atoms with Gasteiger partial charge in [0.25, 0.3) is 5.56 Å². The van der Waals surface area contributed by atoms with Crippen LogP contribution in [0.5, 0.6) is 23.0 Å². The molecule has 11 nitrogen and oxygen atoms in total. The van der Waals surface area contributed by atoms with Crippen molar-refractivity contribution in [3.05, 3.63) is 119 Å². The van der Waals surface area contributed by atoms with E-state index in [0.717, 1.165) is 38.7 Å². The van der Waals surface area contributed by atoms with Crippen LogP contribution in [-0.2, 0) is 20.1 Å². The van der Waals surface area contributed by atoms with Crippen molar-refractivity contribution >= 4 is 28.1 Å². The number of nitrogens with zero attached hydrogens (tertiary/aromatic N) is 5. The van der Waals surface area contributed by atoms with Gasteiger partial charge >= 0.3 is 0 Å². The Balaban J connectivity index is 1.54. The summed E-state index contributed by atoms with van der Waals surface area (Å²) >= 11 is 0. The smallest absolute Gasteiger partial charge is 0.252 e. The fourth-order valence-electron chi connectivity index (χ4n) is 5.67. The number of methoxy groups -OCH3 is 4. The number of fused-ring (bicyclic) bond motifs is 1. The first-order valence-corrected chi connectivity index (χ1v) is 15.6. The number of nitrogens with one attached hydrogen (secondary N) is 1. The largest absolute Gasteiger partial charge is 0.497 e. The maximum Gasteiger partial charge on any atom is 0.252 e. The van der Waals surface area contributed by atoms with Crippen LogP contribution in [-0.4, -0.2) is 48.0 Å². The molecule has 0 aliphatic heterocycles. The fourth-order valence-corrected chi connectivity index (χ4v) is 5.67. The summed E-state index contributed by atoms with van der Waals surface area (Å²) in [6, 6.07) is 20.9. The second kappa shape index (κ2) is 14.3. The SMILES string of the molecule is COc1ccc(CN(Cc2ccc(OC)cc2OC)c2nc(-c3cnccc3C)cc3cc(Nc4ccn(C)c(=O)c4)ncc23)c(OC)c1. The first-order valence-electron chi connectivity index (χ1n) is 15.6. The van der Waals surface area contributed by atoms with E-state index in [2.05, 4.69) is 15.2 Å². The summed E-state index contributed by atoms with van der Waals surface area (Å²) in [4.78, 5) is 29.0. The van der Waals surface area contributed by atoms with E-state index < -0.39 is 0 Å². The summed E-state index contributed by atoms with van der Waals surface area (Å²) in [5.41, 5.74) is 5.11. The maximum absolute atomic E-state index is 12.3. The molecule has 4 heterocycles. The van der Waals surface area contributed by atoms with Crippen LogP contribution < -0.4 is 34.7 Å². The van der Waals surface area contributed by atoms with Crippen molar-refractivity contribution in [1.29, 1.82) is 0 Å². The van der Waals surface area contributed by atoms with E-state index >= 15 is 0 Å². The molecule has 2 aromatic carbocycles. The second-order valence-corrected chi connectivity index (χ2v) is 11.5. The Kier molecular flexibility index (Phi) is 9.61. The third kappa shape index (κ3) is 7.10. The van der Waals surface area contributed by atoms with Gasteiger partial charge in [0.05, 0.1) is 34.1 Å². The Morgan fingerprint density at radius 3 is 2.06 bits per heavy atom. The highest BCUT2D eigenvalue weighted by Crippen LogP contribution is 2.36. The Labute approximate surface area is 284 Å². The standard InChI is InChI=1S/C38H38N6O5/c1-24-11-13-39-20-31(24)33-15-27-16-36(41-28-12-14-43(2)37(45)17-28)40-21-32(27)38(42-33)44(22-25-7-9-29(46-3)18-34(25)48-5)23-26-8-10-30(47-4)19-35(26)49-6/h7-21H,22-23H2,1-6H3,(H,40,41). The highest BCUT2D eigenvalue weighted by atomic mass is 16.5. The molecule has 0 aliphatic rings. The number of anilines is 3. The van der Waals surface area contributed by atoms with Crippen molar-refractivity contribution in [2.75, 3.05) is 38.7 Å². The average Bonchev–Trinajstić information content (AvgIpc) is 3.12. The first-order chi connectivity index (χ1) is 23.8. The van der Waals surface area contributed by atoms with Crippen molar-refractivity contribution in [1.82, 2.24) is 19.5 Å². The molecule has 250 valence electrons. The third-order valence-electron chi connectivity index (χ3n) is 8.40. The second-order valence-electron chi connectivity index (χ2n) is 11.5. The summed E-state index contributed by atoms with van der Waals surface area (Å²) in [6.07, 6.45) is 7.13. The van der Waals surface area contributed by atoms with Crippen LogP contribution >= 0.6 is 0 Å². The van der Waals surface area contributed by atoms with Gasteiger partial charge in [0, 0.05) is 90.9 Å². The van der Waals surface area contributed by atoms with Gasteiger partial charge in [0.15, 0.2) is 0 Å². The van der Waals surface area contributed by atoms with Crippen LogP contribution in [0.15, 0.2) is 96.3 Å². The molecule has 0 radical (unpaired) electrons. The maximum atomic E-state index is 12.3. The lowest BCUT2D eigenvalue weighted by molar-refractivity contribution is 0.389. The summed E-state index contributed by atoms with van der Waals surface area (Å²) in [7, 11) is 8.27. The Morgan fingerprint density at radius 1 is 0.796 bits per heavy atom. The summed E-state index contributed by atoms with van der Waals surface area (Å²) in [6.45, 7) is 2.92. The minimum atomic E-state index is -0.120. The molecule has 4 aromatic heterocycles. The van der Waals surface area contributed by atoms with Gasteiger partial charge in [-0.15, -0.1) is 0 Å². The predicted octanol–water partition coefficient (Wildman–Crippen LogP) is 6.68. The molecule has 11 heteroatoms. The van der Waals surface area contributed by atoms with Gasteiger partial charge < -0.3 is 33.7 Å². The molecule has 0 atom stereocenters. The Morgan fingerprint density at radius 2 is 1.47 bits per heavy atom. The molecule has 0 spiro atoms. The zero-order valence-corrected chi connectivity index (χ0v) is 28.4. The van der Waals surface area contributed by atoms with E-state index in [1.165, 1.54) is 4.57 Å². The molecule has 0 amide bonds. The lowest BCUT2D eigenvalue weighted by Crippen LogP contribution is -2.24. The molecule has 0 saturated heterocycles. The van der Waals surface area contributed by atoms with Crippen molar-refractivity contribution in [3.8, 4) is 34.3 Å². The zero-order valence-electron chi connectivity index (χ0n) is 28.4. The van der Waals surface area contributed by atoms with Crippen LogP contribution in [0.25, 0.3) is 22.0 Å². The fraction of sp³-hybridized carbons (Fsp3) is 0.211. The van der Waals surface area contributed by atoms with Gasteiger partial charge in [-0.3, -0.25) is 9.78 Å². The zero-order chi connectivity index (χ0) is 34.5. The van der Waals surface area contributed by atoms with Gasteiger partial charge in [-0.25, -0.2) is 9.97 Å². The summed E-state index contributed by atoms with van der Waals surface area (Å²) in [5.74, 6) is 4.07. The molecule has 6 aromatic rings. The lowest BCUT2D eigenvalue weighted by atomic mass is 10.0. The van der Waals surface area contributed by atoms with Crippen molar-refractivity contribution < 1.29 is 18.9 Å². The van der Waals surface area contributed by atoms with E-state index in [1.807, 2.05) is 80.0 Å². The highest BCUT2D eigenvalue weighted by Gasteiger charge is 2.21. The van der Waals surface area contributed by atoms with Crippen LogP contribution in [0.3, 0.4) is 0 Å². The van der Waals surface area contributed by atoms with E-state index in [1.54, 1.807) is 53.9 Å². The van der Waals surface area contributed by atoms with Crippen molar-refractivity contribution in [3.63, 3.8) is 0 Å². The monoisotopic (exact) mass is 658 g/mol.